The number of carbonyl (C=O) groups is 10. The molecule has 26 nitrogen and oxygen atoms in total. The Labute approximate surface area is 435 Å². The van der Waals surface area contributed by atoms with E-state index in [9.17, 15) is 73.5 Å². The Hall–Kier alpha value is -6.81. The van der Waals surface area contributed by atoms with Crippen molar-refractivity contribution in [2.75, 3.05) is 91.6 Å². The summed E-state index contributed by atoms with van der Waals surface area (Å²) in [5.41, 5.74) is 1.79. The highest BCUT2D eigenvalue weighted by Crippen LogP contribution is 2.16. The van der Waals surface area contributed by atoms with Crippen LogP contribution in [-0.2, 0) is 51.4 Å². The molecule has 0 saturated carbocycles. The van der Waals surface area contributed by atoms with E-state index < -0.39 is 66.8 Å². The van der Waals surface area contributed by atoms with Gasteiger partial charge in [0.25, 0.3) is 5.91 Å². The van der Waals surface area contributed by atoms with E-state index in [1.165, 1.54) is 0 Å². The lowest BCUT2D eigenvalue weighted by Gasteiger charge is -2.32. The Kier molecular flexibility index (Phi) is 27.5. The zero-order valence-electron chi connectivity index (χ0n) is 41.0. The first-order chi connectivity index (χ1) is 35.2. The minimum Gasteiger partial charge on any atom is -0.481 e. The third-order valence-electron chi connectivity index (χ3n) is 11.7. The van der Waals surface area contributed by atoms with Gasteiger partial charge < -0.3 is 56.8 Å². The predicted molar refractivity (Wildman–Crippen MR) is 266 cm³/mol. The Balaban J connectivity index is 1.48. The standard InChI is InChI=1S/C47H67BrN10O16/c48-37-13-9-33(26-50-37)27-58(16-4-2-5-35(45(70)71)52-47(74)53-36(46(72)73)12-14-40(61)62)44(69)34-10-7-32(8-11-34)25-51-38(59)6-1-3-15-49-39(60)28-54-17-19-55(29-41(63)64)21-23-57(31-43(67)68)24-22-56(20-18-54)30-42(65)66/h7-11,13,26,35-36H,1-6,12,14-25,27-31H2,(H,49,60)(H,51,59)(H,61,62)(H,63,64)(H,65,66)(H,67,68)(H,70,71)(H,72,73)(H2,52,53,74)/t35-,36-/m0/s1. The van der Waals surface area contributed by atoms with Gasteiger partial charge in [-0.25, -0.2) is 19.4 Å². The lowest BCUT2D eigenvalue weighted by atomic mass is 10.1. The number of carboxylic acids is 6. The smallest absolute Gasteiger partial charge is 0.326 e. The van der Waals surface area contributed by atoms with Gasteiger partial charge in [0.1, 0.15) is 16.7 Å². The second-order valence-corrected chi connectivity index (χ2v) is 18.4. The highest BCUT2D eigenvalue weighted by molar-refractivity contribution is 9.10. The Morgan fingerprint density at radius 1 is 0.554 bits per heavy atom. The predicted octanol–water partition coefficient (Wildman–Crippen LogP) is 0.105. The van der Waals surface area contributed by atoms with Crippen molar-refractivity contribution in [1.29, 1.82) is 0 Å². The molecule has 408 valence electrons. The molecule has 0 aliphatic carbocycles. The van der Waals surface area contributed by atoms with Crippen LogP contribution < -0.4 is 21.3 Å². The first-order valence-corrected chi connectivity index (χ1v) is 24.8. The maximum atomic E-state index is 13.8. The normalized spacial score (nSPS) is 15.0. The van der Waals surface area contributed by atoms with Crippen molar-refractivity contribution in [3.05, 3.63) is 63.9 Å². The van der Waals surface area contributed by atoms with Gasteiger partial charge in [0.2, 0.25) is 11.8 Å². The quantitative estimate of drug-likeness (QED) is 0.0366. The van der Waals surface area contributed by atoms with Crippen LogP contribution in [0.25, 0.3) is 0 Å². The van der Waals surface area contributed by atoms with E-state index in [0.29, 0.717) is 42.5 Å². The lowest BCUT2D eigenvalue weighted by molar-refractivity contribution is -0.141. The molecule has 27 heteroatoms. The number of carbonyl (C=O) groups excluding carboxylic acids is 4. The molecule has 2 aromatic rings. The summed E-state index contributed by atoms with van der Waals surface area (Å²) in [6.45, 7) is 2.12. The molecule has 1 fully saturated rings. The molecule has 74 heavy (non-hydrogen) atoms. The number of halogens is 1. The summed E-state index contributed by atoms with van der Waals surface area (Å²) in [6.07, 6.45) is 2.30. The van der Waals surface area contributed by atoms with Crippen molar-refractivity contribution in [2.24, 2.45) is 0 Å². The summed E-state index contributed by atoms with van der Waals surface area (Å²) >= 11 is 3.29. The molecular weight excluding hydrogens is 1040 g/mol. The van der Waals surface area contributed by atoms with Crippen LogP contribution >= 0.6 is 15.9 Å². The molecule has 0 spiro atoms. The van der Waals surface area contributed by atoms with E-state index >= 15 is 0 Å². The lowest BCUT2D eigenvalue weighted by Crippen LogP contribution is -2.51. The molecule has 0 bridgehead atoms. The summed E-state index contributed by atoms with van der Waals surface area (Å²) in [7, 11) is 0. The third-order valence-corrected chi connectivity index (χ3v) is 12.2. The van der Waals surface area contributed by atoms with Crippen LogP contribution in [-0.4, -0.2) is 223 Å². The molecule has 5 amide bonds. The SMILES string of the molecule is O=C(O)CC[C@H](NC(=O)N[C@@H](CCCCN(Cc1ccc(Br)nc1)C(=O)c1ccc(CNC(=O)CCCCNC(=O)CN2CCN(CC(=O)O)CCN(CC(=O)O)CCN(CC(=O)O)CC2)cc1)C(=O)O)C(=O)O. The van der Waals surface area contributed by atoms with Crippen LogP contribution in [0.4, 0.5) is 4.79 Å². The number of aromatic nitrogens is 1. The van der Waals surface area contributed by atoms with E-state index in [-0.39, 0.29) is 129 Å². The number of nitrogens with one attached hydrogen (secondary N) is 4. The number of hydrogen-bond acceptors (Lipinski definition) is 15. The number of hydrogen-bond donors (Lipinski definition) is 10. The van der Waals surface area contributed by atoms with Gasteiger partial charge in [-0.1, -0.05) is 18.2 Å². The molecule has 1 aliphatic heterocycles. The summed E-state index contributed by atoms with van der Waals surface area (Å²) < 4.78 is 0.592. The molecule has 3 rings (SSSR count). The summed E-state index contributed by atoms with van der Waals surface area (Å²) in [5, 5.41) is 66.2. The number of nitrogens with zero attached hydrogens (tertiary/aromatic N) is 6. The van der Waals surface area contributed by atoms with E-state index in [2.05, 4.69) is 42.2 Å². The van der Waals surface area contributed by atoms with Crippen molar-refractivity contribution >= 4 is 75.5 Å². The molecule has 1 aromatic carbocycles. The summed E-state index contributed by atoms with van der Waals surface area (Å²) in [5.74, 6) is -8.13. The maximum absolute atomic E-state index is 13.8. The molecule has 10 N–H and O–H groups in total. The summed E-state index contributed by atoms with van der Waals surface area (Å²) in [4.78, 5) is 133. The number of benzene rings is 1. The molecule has 1 aromatic heterocycles. The largest absolute Gasteiger partial charge is 0.481 e. The fraction of sp³-hybridized carbons (Fsp3) is 0.553. The van der Waals surface area contributed by atoms with Gasteiger partial charge in [-0.05, 0) is 83.8 Å². The van der Waals surface area contributed by atoms with Crippen LogP contribution in [0.15, 0.2) is 47.2 Å². The molecule has 0 radical (unpaired) electrons. The average Bonchev–Trinajstić information content (AvgIpc) is 3.33. The van der Waals surface area contributed by atoms with Crippen molar-refractivity contribution in [1.82, 2.24) is 50.8 Å². The van der Waals surface area contributed by atoms with E-state index in [0.717, 1.165) is 11.1 Å². The third kappa shape index (κ3) is 25.7. The minimum atomic E-state index is -1.55. The fourth-order valence-electron chi connectivity index (χ4n) is 7.68. The van der Waals surface area contributed by atoms with Gasteiger partial charge in [0.15, 0.2) is 0 Å². The Morgan fingerprint density at radius 2 is 1.05 bits per heavy atom. The topological polar surface area (TPSA) is 369 Å². The van der Waals surface area contributed by atoms with Crippen LogP contribution in [0.5, 0.6) is 0 Å². The van der Waals surface area contributed by atoms with Crippen molar-refractivity contribution < 1.29 is 78.6 Å². The Bertz CT molecular complexity index is 2170. The average molecular weight is 1110 g/mol. The maximum Gasteiger partial charge on any atom is 0.326 e. The number of carboxylic acid groups (broad SMARTS) is 6. The second-order valence-electron chi connectivity index (χ2n) is 17.6. The second kappa shape index (κ2) is 33.1. The first kappa shape index (κ1) is 61.5. The van der Waals surface area contributed by atoms with Crippen molar-refractivity contribution in [2.45, 2.75) is 76.5 Å². The molecular formula is C47H67BrN10O16. The van der Waals surface area contributed by atoms with Crippen LogP contribution in [0.3, 0.4) is 0 Å². The Morgan fingerprint density at radius 3 is 1.53 bits per heavy atom. The number of rotatable bonds is 30. The number of pyridine rings is 1. The number of unbranched alkanes of at least 4 members (excludes halogenated alkanes) is 2. The number of aliphatic carboxylic acids is 6. The van der Waals surface area contributed by atoms with Gasteiger partial charge in [-0.3, -0.25) is 53.2 Å². The van der Waals surface area contributed by atoms with Gasteiger partial charge in [-0.15, -0.1) is 0 Å². The molecule has 2 atom stereocenters. The minimum absolute atomic E-state index is 0.0320. The molecule has 1 saturated heterocycles. The first-order valence-electron chi connectivity index (χ1n) is 24.0. The number of amides is 5. The van der Waals surface area contributed by atoms with Crippen LogP contribution in [0, 0.1) is 0 Å². The van der Waals surface area contributed by atoms with Gasteiger partial charge in [0, 0.05) is 103 Å². The fourth-order valence-corrected chi connectivity index (χ4v) is 7.92. The van der Waals surface area contributed by atoms with Gasteiger partial charge >= 0.3 is 41.8 Å². The number of urea groups is 1. The highest BCUT2D eigenvalue weighted by atomic mass is 79.9. The van der Waals surface area contributed by atoms with E-state index in [1.54, 1.807) is 62.2 Å². The van der Waals surface area contributed by atoms with E-state index in [1.807, 2.05) is 4.90 Å². The molecule has 1 aliphatic rings. The van der Waals surface area contributed by atoms with Gasteiger partial charge in [-0.2, -0.15) is 0 Å². The molecule has 0 unspecified atom stereocenters. The zero-order chi connectivity index (χ0) is 54.6. The van der Waals surface area contributed by atoms with Crippen molar-refractivity contribution in [3.63, 3.8) is 0 Å². The highest BCUT2D eigenvalue weighted by Gasteiger charge is 2.26. The molecule has 2 heterocycles. The summed E-state index contributed by atoms with van der Waals surface area (Å²) in [6, 6.07) is 6.12. The van der Waals surface area contributed by atoms with Crippen LogP contribution in [0.1, 0.15) is 72.9 Å². The van der Waals surface area contributed by atoms with E-state index in [4.69, 9.17) is 5.11 Å². The monoisotopic (exact) mass is 1110 g/mol. The van der Waals surface area contributed by atoms with Gasteiger partial charge in [0.05, 0.1) is 26.2 Å². The van der Waals surface area contributed by atoms with Crippen LogP contribution in [0.2, 0.25) is 0 Å². The zero-order valence-corrected chi connectivity index (χ0v) is 42.6. The van der Waals surface area contributed by atoms with Crippen molar-refractivity contribution in [3.8, 4) is 0 Å².